The first-order valence-corrected chi connectivity index (χ1v) is 4.49. The van der Waals surface area contributed by atoms with Gasteiger partial charge >= 0.3 is 0 Å². The van der Waals surface area contributed by atoms with Gasteiger partial charge in [0.1, 0.15) is 6.17 Å². The molecule has 66 valence electrons. The van der Waals surface area contributed by atoms with Crippen LogP contribution < -0.4 is 5.32 Å². The highest BCUT2D eigenvalue weighted by Gasteiger charge is 2.29. The summed E-state index contributed by atoms with van der Waals surface area (Å²) in [6, 6.07) is 0.967. The van der Waals surface area contributed by atoms with Crippen molar-refractivity contribution in [3.63, 3.8) is 0 Å². The summed E-state index contributed by atoms with van der Waals surface area (Å²) in [5.41, 5.74) is 0. The Labute approximate surface area is 68.4 Å². The minimum absolute atomic E-state index is 0.447. The van der Waals surface area contributed by atoms with Crippen LogP contribution in [0.2, 0.25) is 0 Å². The summed E-state index contributed by atoms with van der Waals surface area (Å²) in [5.74, 6) is 0.647. The zero-order valence-corrected chi connectivity index (χ0v) is 7.60. The van der Waals surface area contributed by atoms with Crippen molar-refractivity contribution in [1.29, 1.82) is 0 Å². The maximum atomic E-state index is 12.4. The van der Waals surface area contributed by atoms with E-state index < -0.39 is 6.17 Å². The lowest BCUT2D eigenvalue weighted by Crippen LogP contribution is -2.47. The molecule has 0 amide bonds. The van der Waals surface area contributed by atoms with Gasteiger partial charge in [0.2, 0.25) is 0 Å². The molecule has 1 unspecified atom stereocenters. The molecule has 1 atom stereocenters. The molecule has 1 nitrogen and oxygen atoms in total. The van der Waals surface area contributed by atoms with Crippen molar-refractivity contribution in [2.24, 2.45) is 5.92 Å². The highest BCUT2D eigenvalue weighted by atomic mass is 19.1. The molecule has 0 bridgehead atoms. The van der Waals surface area contributed by atoms with Gasteiger partial charge in [0, 0.05) is 12.1 Å². The molecule has 0 aromatic rings. The van der Waals surface area contributed by atoms with Crippen LogP contribution in [-0.2, 0) is 0 Å². The number of halogens is 1. The third-order valence-corrected chi connectivity index (χ3v) is 2.58. The third-order valence-electron chi connectivity index (χ3n) is 2.58. The molecule has 0 saturated heterocycles. The fourth-order valence-electron chi connectivity index (χ4n) is 1.25. The number of nitrogens with one attached hydrogen (secondary N) is 1. The van der Waals surface area contributed by atoms with Crippen LogP contribution in [0.25, 0.3) is 0 Å². The Balaban J connectivity index is 2.11. The quantitative estimate of drug-likeness (QED) is 0.665. The van der Waals surface area contributed by atoms with Gasteiger partial charge in [-0.15, -0.1) is 0 Å². The number of rotatable bonds is 3. The average Bonchev–Trinajstić information content (AvgIpc) is 1.84. The Morgan fingerprint density at radius 3 is 2.18 bits per heavy atom. The average molecular weight is 159 g/mol. The molecule has 0 spiro atoms. The van der Waals surface area contributed by atoms with Gasteiger partial charge in [-0.05, 0) is 25.7 Å². The predicted molar refractivity (Wildman–Crippen MR) is 45.4 cm³/mol. The zero-order valence-electron chi connectivity index (χ0n) is 7.60. The third kappa shape index (κ3) is 2.44. The van der Waals surface area contributed by atoms with Crippen molar-refractivity contribution in [2.45, 2.75) is 51.9 Å². The molecule has 0 radical (unpaired) electrons. The maximum Gasteiger partial charge on any atom is 0.103 e. The molecule has 1 rings (SSSR count). The van der Waals surface area contributed by atoms with Gasteiger partial charge in [-0.1, -0.05) is 13.8 Å². The molecule has 0 aromatic heterocycles. The Hall–Kier alpha value is -0.110. The molecule has 1 aliphatic carbocycles. The highest BCUT2D eigenvalue weighted by molar-refractivity contribution is 4.86. The van der Waals surface area contributed by atoms with E-state index >= 15 is 0 Å². The van der Waals surface area contributed by atoms with Gasteiger partial charge in [0.15, 0.2) is 0 Å². The lowest BCUT2D eigenvalue weighted by Gasteiger charge is -2.34. The second-order valence-electron chi connectivity index (χ2n) is 3.96. The molecule has 1 fully saturated rings. The second kappa shape index (κ2) is 3.53. The summed E-state index contributed by atoms with van der Waals surface area (Å²) in [6.07, 6.45) is 0.903. The van der Waals surface area contributed by atoms with Gasteiger partial charge in [-0.25, -0.2) is 4.39 Å². The Morgan fingerprint density at radius 2 is 1.82 bits per heavy atom. The van der Waals surface area contributed by atoms with E-state index in [1.54, 1.807) is 0 Å². The van der Waals surface area contributed by atoms with Crippen molar-refractivity contribution in [3.05, 3.63) is 0 Å². The van der Waals surface area contributed by atoms with Gasteiger partial charge in [0.25, 0.3) is 0 Å². The van der Waals surface area contributed by atoms with Crippen LogP contribution in [0.1, 0.15) is 33.6 Å². The molecule has 0 aromatic carbocycles. The van der Waals surface area contributed by atoms with Crippen molar-refractivity contribution in [2.75, 3.05) is 0 Å². The molecule has 1 N–H and O–H groups in total. The first-order chi connectivity index (χ1) is 5.09. The summed E-state index contributed by atoms with van der Waals surface area (Å²) >= 11 is 0. The van der Waals surface area contributed by atoms with E-state index in [1.165, 1.54) is 0 Å². The van der Waals surface area contributed by atoms with E-state index in [2.05, 4.69) is 26.1 Å². The summed E-state index contributed by atoms with van der Waals surface area (Å²) in [7, 11) is 0. The zero-order chi connectivity index (χ0) is 8.43. The van der Waals surface area contributed by atoms with E-state index in [4.69, 9.17) is 0 Å². The topological polar surface area (TPSA) is 12.0 Å². The number of alkyl halides is 1. The van der Waals surface area contributed by atoms with Crippen LogP contribution in [0, 0.1) is 5.92 Å². The summed E-state index contributed by atoms with van der Waals surface area (Å²) < 4.78 is 12.4. The smallest absolute Gasteiger partial charge is 0.103 e. The van der Waals surface area contributed by atoms with E-state index in [0.29, 0.717) is 18.0 Å². The lowest BCUT2D eigenvalue weighted by atomic mass is 9.89. The molecule has 2 heteroatoms. The molecular weight excluding hydrogens is 141 g/mol. The Bertz CT molecular complexity index is 119. The summed E-state index contributed by atoms with van der Waals surface area (Å²) in [4.78, 5) is 0. The first kappa shape index (κ1) is 8.98. The minimum atomic E-state index is -0.535. The normalized spacial score (nSPS) is 33.5. The van der Waals surface area contributed by atoms with Gasteiger partial charge in [-0.3, -0.25) is 0 Å². The largest absolute Gasteiger partial charge is 0.311 e. The molecule has 11 heavy (non-hydrogen) atoms. The summed E-state index contributed by atoms with van der Waals surface area (Å²) in [6.45, 7) is 6.53. The van der Waals surface area contributed by atoms with Crippen molar-refractivity contribution in [3.8, 4) is 0 Å². The standard InChI is InChI=1S/C9H18FN/c1-6(2)7(3)11-9-4-8(10)5-9/h6-9,11H,4-5H2,1-3H3. The number of hydrogen-bond donors (Lipinski definition) is 1. The minimum Gasteiger partial charge on any atom is -0.311 e. The SMILES string of the molecule is CC(C)C(C)NC1CC(F)C1. The van der Waals surface area contributed by atoms with Gasteiger partial charge < -0.3 is 5.32 Å². The molecular formula is C9H18FN. The van der Waals surface area contributed by atoms with Gasteiger partial charge in [0.05, 0.1) is 0 Å². The fraction of sp³-hybridized carbons (Fsp3) is 1.00. The van der Waals surface area contributed by atoms with Crippen LogP contribution in [0.15, 0.2) is 0 Å². The molecule has 0 heterocycles. The second-order valence-corrected chi connectivity index (χ2v) is 3.96. The van der Waals surface area contributed by atoms with Crippen molar-refractivity contribution >= 4 is 0 Å². The predicted octanol–water partition coefficient (Wildman–Crippen LogP) is 2.12. The van der Waals surface area contributed by atoms with Crippen LogP contribution in [0.5, 0.6) is 0 Å². The molecule has 0 aliphatic heterocycles. The summed E-state index contributed by atoms with van der Waals surface area (Å²) in [5, 5.41) is 3.41. The maximum absolute atomic E-state index is 12.4. The van der Waals surface area contributed by atoms with E-state index in [9.17, 15) is 4.39 Å². The molecule has 1 aliphatic rings. The van der Waals surface area contributed by atoms with Crippen LogP contribution in [0.3, 0.4) is 0 Å². The monoisotopic (exact) mass is 159 g/mol. The van der Waals surface area contributed by atoms with E-state index in [1.807, 2.05) is 0 Å². The van der Waals surface area contributed by atoms with Crippen molar-refractivity contribution in [1.82, 2.24) is 5.32 Å². The van der Waals surface area contributed by atoms with Crippen LogP contribution >= 0.6 is 0 Å². The van der Waals surface area contributed by atoms with E-state index in [-0.39, 0.29) is 0 Å². The Kier molecular flexibility index (Phi) is 2.88. The van der Waals surface area contributed by atoms with Crippen LogP contribution in [-0.4, -0.2) is 18.3 Å². The number of hydrogen-bond acceptors (Lipinski definition) is 1. The fourth-order valence-corrected chi connectivity index (χ4v) is 1.25. The first-order valence-electron chi connectivity index (χ1n) is 4.49. The van der Waals surface area contributed by atoms with Gasteiger partial charge in [-0.2, -0.15) is 0 Å². The van der Waals surface area contributed by atoms with E-state index in [0.717, 1.165) is 12.8 Å². The van der Waals surface area contributed by atoms with Crippen molar-refractivity contribution < 1.29 is 4.39 Å². The molecule has 1 saturated carbocycles. The lowest BCUT2D eigenvalue weighted by molar-refractivity contribution is 0.141. The Morgan fingerprint density at radius 1 is 1.27 bits per heavy atom. The highest BCUT2D eigenvalue weighted by Crippen LogP contribution is 2.23. The van der Waals surface area contributed by atoms with Crippen LogP contribution in [0.4, 0.5) is 4.39 Å².